The number of aliphatic hydroxyl groups excluding tert-OH is 2. The van der Waals surface area contributed by atoms with E-state index in [-0.39, 0.29) is 55.0 Å². The number of halogens is 2. The van der Waals surface area contributed by atoms with Crippen LogP contribution >= 0.6 is 11.6 Å². The highest BCUT2D eigenvalue weighted by atomic mass is 35.5. The van der Waals surface area contributed by atoms with Gasteiger partial charge in [-0.1, -0.05) is 17.7 Å². The maximum absolute atomic E-state index is 13.8. The Morgan fingerprint density at radius 2 is 1.71 bits per heavy atom. The van der Waals surface area contributed by atoms with E-state index in [0.717, 1.165) is 29.8 Å². The number of aryl methyl sites for hydroxylation is 1. The molecular weight excluding hydrogens is 731 g/mol. The molecule has 0 saturated carbocycles. The number of anilines is 2. The average Bonchev–Trinajstić information content (AvgIpc) is 3.80. The van der Waals surface area contributed by atoms with E-state index in [1.54, 1.807) is 33.8 Å². The van der Waals surface area contributed by atoms with Crippen molar-refractivity contribution in [3.05, 3.63) is 106 Å². The molecule has 55 heavy (non-hydrogen) atoms. The summed E-state index contributed by atoms with van der Waals surface area (Å²) in [6, 6.07) is 13.1. The summed E-state index contributed by atoms with van der Waals surface area (Å²) in [6.07, 6.45) is 6.21. The fourth-order valence-corrected chi connectivity index (χ4v) is 7.25. The minimum absolute atomic E-state index is 0.0142. The van der Waals surface area contributed by atoms with Crippen molar-refractivity contribution < 1.29 is 29.0 Å². The van der Waals surface area contributed by atoms with Crippen molar-refractivity contribution in [1.82, 2.24) is 34.3 Å². The Balaban J connectivity index is 1.01. The van der Waals surface area contributed by atoms with Crippen molar-refractivity contribution in [2.24, 2.45) is 5.73 Å². The van der Waals surface area contributed by atoms with Crippen LogP contribution in [0, 0.1) is 5.82 Å². The highest BCUT2D eigenvalue weighted by molar-refractivity contribution is 6.34. The molecule has 17 heteroatoms. The van der Waals surface area contributed by atoms with Crippen molar-refractivity contribution in [3.8, 4) is 16.9 Å². The maximum Gasteiger partial charge on any atom is 0.269 e. The number of primary amides is 1. The summed E-state index contributed by atoms with van der Waals surface area (Å²) in [5, 5.41) is 30.4. The second-order valence-electron chi connectivity index (χ2n) is 13.4. The number of nitrogens with zero attached hydrogens (tertiary/aromatic N) is 8. The summed E-state index contributed by atoms with van der Waals surface area (Å²) in [5.74, 6) is -1.09. The summed E-state index contributed by atoms with van der Waals surface area (Å²) in [5.41, 5.74) is 11.3. The molecule has 1 fully saturated rings. The zero-order valence-electron chi connectivity index (χ0n) is 29.9. The number of carbonyl (C=O) groups excluding carboxylic acids is 3. The molecule has 2 aliphatic rings. The first-order valence-electron chi connectivity index (χ1n) is 17.9. The molecule has 286 valence electrons. The number of nitrogens with two attached hydrogens (primary N) is 1. The third-order valence-corrected chi connectivity index (χ3v) is 10.1. The summed E-state index contributed by atoms with van der Waals surface area (Å²) in [6.45, 7) is 3.34. The number of pyridine rings is 1. The first-order chi connectivity index (χ1) is 26.6. The SMILES string of the molecule is NC(=O)c1nn(-c2ccc(F)cc2)c2c1CCc1ccc(NC(=O)c3cc(N4CCN(Cc5cnn(CC(=O)N(CCO)CCO)c5)CC4)ncc3Cl)cc1-2. The molecule has 3 amide bonds. The van der Waals surface area contributed by atoms with E-state index in [1.807, 2.05) is 24.4 Å². The van der Waals surface area contributed by atoms with Crippen molar-refractivity contribution in [1.29, 1.82) is 0 Å². The number of fused-ring (bicyclic) bond motifs is 3. The van der Waals surface area contributed by atoms with E-state index >= 15 is 0 Å². The molecule has 0 radical (unpaired) electrons. The van der Waals surface area contributed by atoms with E-state index < -0.39 is 17.6 Å². The molecule has 3 aromatic heterocycles. The van der Waals surface area contributed by atoms with Gasteiger partial charge in [-0.05, 0) is 60.9 Å². The highest BCUT2D eigenvalue weighted by Crippen LogP contribution is 2.38. The van der Waals surface area contributed by atoms with E-state index in [9.17, 15) is 29.0 Å². The highest BCUT2D eigenvalue weighted by Gasteiger charge is 2.29. The second-order valence-corrected chi connectivity index (χ2v) is 13.8. The first-order valence-corrected chi connectivity index (χ1v) is 18.3. The van der Waals surface area contributed by atoms with Crippen LogP contribution < -0.4 is 16.0 Å². The Kier molecular flexibility index (Phi) is 11.2. The van der Waals surface area contributed by atoms with Gasteiger partial charge >= 0.3 is 0 Å². The number of nitrogens with one attached hydrogen (secondary N) is 1. The van der Waals surface area contributed by atoms with Crippen molar-refractivity contribution in [3.63, 3.8) is 0 Å². The fraction of sp³-hybridized carbons (Fsp3) is 0.316. The van der Waals surface area contributed by atoms with Gasteiger partial charge in [0.15, 0.2) is 5.69 Å². The van der Waals surface area contributed by atoms with Gasteiger partial charge in [0.1, 0.15) is 18.2 Å². The number of rotatable bonds is 13. The van der Waals surface area contributed by atoms with Crippen LogP contribution in [0.15, 0.2) is 67.1 Å². The monoisotopic (exact) mass is 770 g/mol. The van der Waals surface area contributed by atoms with Crippen LogP contribution in [0.5, 0.6) is 0 Å². The number of amides is 3. The van der Waals surface area contributed by atoms with E-state index in [2.05, 4.69) is 30.3 Å². The number of carbonyl (C=O) groups is 3. The molecule has 0 bridgehead atoms. The molecular formula is C38H40ClFN10O5. The topological polar surface area (TPSA) is 188 Å². The minimum Gasteiger partial charge on any atom is -0.395 e. The van der Waals surface area contributed by atoms with Crippen LogP contribution in [0.4, 0.5) is 15.9 Å². The van der Waals surface area contributed by atoms with Crippen molar-refractivity contribution >= 4 is 40.8 Å². The quantitative estimate of drug-likeness (QED) is 0.139. The zero-order valence-corrected chi connectivity index (χ0v) is 30.6. The molecule has 5 aromatic rings. The largest absolute Gasteiger partial charge is 0.395 e. The standard InChI is InChI=1S/C38H40ClFN10O5/c39-32-20-42-33(47-11-9-46(10-12-47)21-24-19-43-49(22-24)23-34(53)48(13-15-51)14-16-52)18-31(32)38(55)44-27-5-1-25-2-8-29-35(37(41)54)45-50(36(29)30(25)17-27)28-6-3-26(40)4-7-28/h1,3-7,17-20,22,51-52H,2,8-16,21,23H2,(H2,41,54)(H,44,55). The van der Waals surface area contributed by atoms with Gasteiger partial charge in [-0.15, -0.1) is 0 Å². The van der Waals surface area contributed by atoms with Gasteiger partial charge in [-0.2, -0.15) is 10.2 Å². The van der Waals surface area contributed by atoms with Gasteiger partial charge in [0.05, 0.1) is 41.4 Å². The minimum atomic E-state index is -0.657. The molecule has 0 unspecified atom stereocenters. The normalized spacial score (nSPS) is 14.0. The molecule has 0 spiro atoms. The van der Waals surface area contributed by atoms with Crippen molar-refractivity contribution in [2.75, 3.05) is 62.7 Å². The van der Waals surface area contributed by atoms with Gasteiger partial charge < -0.3 is 31.1 Å². The predicted molar refractivity (Wildman–Crippen MR) is 203 cm³/mol. The first kappa shape index (κ1) is 37.6. The zero-order chi connectivity index (χ0) is 38.6. The molecule has 1 aliphatic carbocycles. The van der Waals surface area contributed by atoms with Gasteiger partial charge in [0.2, 0.25) is 5.91 Å². The van der Waals surface area contributed by atoms with Gasteiger partial charge in [0, 0.05) is 80.6 Å². The lowest BCUT2D eigenvalue weighted by atomic mass is 9.88. The Morgan fingerprint density at radius 1 is 0.964 bits per heavy atom. The number of hydrogen-bond donors (Lipinski definition) is 4. The van der Waals surface area contributed by atoms with Crippen LogP contribution in [-0.2, 0) is 30.7 Å². The maximum atomic E-state index is 13.8. The van der Waals surface area contributed by atoms with Crippen molar-refractivity contribution in [2.45, 2.75) is 25.9 Å². The van der Waals surface area contributed by atoms with Crippen LogP contribution in [-0.4, -0.2) is 115 Å². The smallest absolute Gasteiger partial charge is 0.269 e. The molecule has 1 saturated heterocycles. The third kappa shape index (κ3) is 8.22. The Labute approximate surface area is 320 Å². The molecule has 4 heterocycles. The van der Waals surface area contributed by atoms with Crippen LogP contribution in [0.1, 0.15) is 37.5 Å². The number of aromatic nitrogens is 5. The molecule has 15 nitrogen and oxygen atoms in total. The van der Waals surface area contributed by atoms with Crippen LogP contribution in [0.2, 0.25) is 5.02 Å². The Hall–Kier alpha value is -5.68. The Bertz CT molecular complexity index is 2210. The predicted octanol–water partition coefficient (Wildman–Crippen LogP) is 2.51. The average molecular weight is 771 g/mol. The summed E-state index contributed by atoms with van der Waals surface area (Å²) in [7, 11) is 0. The summed E-state index contributed by atoms with van der Waals surface area (Å²) >= 11 is 6.52. The number of hydrogen-bond acceptors (Lipinski definition) is 10. The van der Waals surface area contributed by atoms with Crippen LogP contribution in [0.3, 0.4) is 0 Å². The van der Waals surface area contributed by atoms with Crippen LogP contribution in [0.25, 0.3) is 16.9 Å². The second kappa shape index (κ2) is 16.4. The number of aliphatic hydroxyl groups is 2. The van der Waals surface area contributed by atoms with Gasteiger partial charge in [-0.25, -0.2) is 14.1 Å². The lowest BCUT2D eigenvalue weighted by Gasteiger charge is -2.35. The molecule has 7 rings (SSSR count). The molecule has 0 atom stereocenters. The number of piperazine rings is 1. The summed E-state index contributed by atoms with van der Waals surface area (Å²) in [4.78, 5) is 48.9. The molecule has 5 N–H and O–H groups in total. The number of benzene rings is 2. The fourth-order valence-electron chi connectivity index (χ4n) is 7.07. The van der Waals surface area contributed by atoms with E-state index in [1.165, 1.54) is 23.2 Å². The van der Waals surface area contributed by atoms with E-state index in [4.69, 9.17) is 17.3 Å². The lowest BCUT2D eigenvalue weighted by molar-refractivity contribution is -0.133. The lowest BCUT2D eigenvalue weighted by Crippen LogP contribution is -2.46. The van der Waals surface area contributed by atoms with E-state index in [0.29, 0.717) is 60.9 Å². The molecule has 1 aliphatic heterocycles. The summed E-state index contributed by atoms with van der Waals surface area (Å²) < 4.78 is 16.9. The molecule has 2 aromatic carbocycles. The third-order valence-electron chi connectivity index (χ3n) is 9.82. The van der Waals surface area contributed by atoms with Gasteiger partial charge in [0.25, 0.3) is 11.8 Å². The Morgan fingerprint density at radius 3 is 2.42 bits per heavy atom. The van der Waals surface area contributed by atoms with Gasteiger partial charge in [-0.3, -0.25) is 24.0 Å².